The van der Waals surface area contributed by atoms with Gasteiger partial charge in [0.1, 0.15) is 0 Å². The minimum absolute atomic E-state index is 0.0362. The molecule has 2 saturated carbocycles. The molecule has 0 radical (unpaired) electrons. The van der Waals surface area contributed by atoms with Gasteiger partial charge in [-0.1, -0.05) is 13.8 Å². The van der Waals surface area contributed by atoms with Crippen molar-refractivity contribution >= 4 is 0 Å². The van der Waals surface area contributed by atoms with Gasteiger partial charge in [-0.05, 0) is 44.4 Å². The molecule has 0 bridgehead atoms. The molecule has 2 rings (SSSR count). The third-order valence-electron chi connectivity index (χ3n) is 4.42. The van der Waals surface area contributed by atoms with Crippen molar-refractivity contribution in [3.8, 4) is 6.07 Å². The number of halogens is 2. The van der Waals surface area contributed by atoms with E-state index in [2.05, 4.69) is 11.4 Å². The van der Waals surface area contributed by atoms with Crippen molar-refractivity contribution in [2.75, 3.05) is 0 Å². The van der Waals surface area contributed by atoms with E-state index in [0.717, 1.165) is 25.7 Å². The quantitative estimate of drug-likeness (QED) is 0.819. The number of hydrogen-bond donors (Lipinski definition) is 1. The van der Waals surface area contributed by atoms with Crippen molar-refractivity contribution < 1.29 is 8.78 Å². The molecule has 0 aliphatic heterocycles. The van der Waals surface area contributed by atoms with Crippen molar-refractivity contribution in [2.45, 2.75) is 89.6 Å². The molecule has 2 aliphatic rings. The van der Waals surface area contributed by atoms with E-state index in [1.54, 1.807) is 0 Å². The highest BCUT2D eigenvalue weighted by Gasteiger charge is 2.35. The Hall–Kier alpha value is -0.690. The maximum atomic E-state index is 13.0. The van der Waals surface area contributed by atoms with Crippen LogP contribution in [0.25, 0.3) is 0 Å². The fraction of sp³-hybridized carbons (Fsp3) is 0.938. The van der Waals surface area contributed by atoms with Crippen LogP contribution in [-0.2, 0) is 0 Å². The summed E-state index contributed by atoms with van der Waals surface area (Å²) in [6.07, 6.45) is 6.35. The molecule has 1 N–H and O–H groups in total. The van der Waals surface area contributed by atoms with Gasteiger partial charge < -0.3 is 5.32 Å². The van der Waals surface area contributed by atoms with Crippen LogP contribution in [0.1, 0.15) is 71.6 Å². The predicted octanol–water partition coefficient (Wildman–Crippen LogP) is 4.65. The molecule has 0 aromatic heterocycles. The largest absolute Gasteiger partial charge is 0.311 e. The molecule has 20 heavy (non-hydrogen) atoms. The first-order valence-electron chi connectivity index (χ1n) is 8.10. The second-order valence-corrected chi connectivity index (χ2v) is 5.88. The van der Waals surface area contributed by atoms with Gasteiger partial charge in [0.25, 0.3) is 0 Å². The molecule has 4 heteroatoms. The summed E-state index contributed by atoms with van der Waals surface area (Å²) in [5.74, 6) is -1.87. The van der Waals surface area contributed by atoms with Crippen LogP contribution in [0.2, 0.25) is 0 Å². The van der Waals surface area contributed by atoms with Gasteiger partial charge in [0.2, 0.25) is 5.92 Å². The fourth-order valence-electron chi connectivity index (χ4n) is 3.20. The Morgan fingerprint density at radius 3 is 2.00 bits per heavy atom. The average Bonchev–Trinajstić information content (AvgIpc) is 2.46. The Morgan fingerprint density at radius 1 is 1.00 bits per heavy atom. The highest BCUT2D eigenvalue weighted by atomic mass is 19.3. The Labute approximate surface area is 121 Å². The Balaban J connectivity index is 0.000000956. The summed E-state index contributed by atoms with van der Waals surface area (Å²) in [5.41, 5.74) is 0. The van der Waals surface area contributed by atoms with Crippen molar-refractivity contribution in [1.29, 1.82) is 5.26 Å². The maximum Gasteiger partial charge on any atom is 0.248 e. The highest BCUT2D eigenvalue weighted by molar-refractivity contribution is 4.87. The highest BCUT2D eigenvalue weighted by Crippen LogP contribution is 2.34. The average molecular weight is 286 g/mol. The van der Waals surface area contributed by atoms with Gasteiger partial charge in [-0.3, -0.25) is 0 Å². The third kappa shape index (κ3) is 5.75. The molecule has 0 heterocycles. The van der Waals surface area contributed by atoms with Gasteiger partial charge in [-0.15, -0.1) is 0 Å². The first-order chi connectivity index (χ1) is 9.59. The normalized spacial score (nSPS) is 29.9. The van der Waals surface area contributed by atoms with E-state index >= 15 is 0 Å². The lowest BCUT2D eigenvalue weighted by molar-refractivity contribution is -0.0416. The lowest BCUT2D eigenvalue weighted by Crippen LogP contribution is -2.44. The van der Waals surface area contributed by atoms with Crippen LogP contribution in [0.4, 0.5) is 8.78 Å². The summed E-state index contributed by atoms with van der Waals surface area (Å²) in [4.78, 5) is 0. The molecule has 0 amide bonds. The molecule has 0 spiro atoms. The zero-order valence-corrected chi connectivity index (χ0v) is 12.8. The predicted molar refractivity (Wildman–Crippen MR) is 77.7 cm³/mol. The summed E-state index contributed by atoms with van der Waals surface area (Å²) in [7, 11) is 0. The topological polar surface area (TPSA) is 35.8 Å². The van der Waals surface area contributed by atoms with Crippen molar-refractivity contribution in [3.05, 3.63) is 0 Å². The number of hydrogen-bond acceptors (Lipinski definition) is 2. The number of alkyl halides is 2. The fourth-order valence-corrected chi connectivity index (χ4v) is 3.20. The standard InChI is InChI=1S/C14H22F2N2.C2H6/c15-14(16)8-5-13(6-9-14)18-12-3-1-11(2-4-12)7-10-17;1-2/h11-13,18H,1-9H2;1-2H3. The van der Waals surface area contributed by atoms with Gasteiger partial charge >= 0.3 is 0 Å². The summed E-state index contributed by atoms with van der Waals surface area (Å²) in [6.45, 7) is 4.00. The van der Waals surface area contributed by atoms with E-state index in [9.17, 15) is 8.78 Å². The van der Waals surface area contributed by atoms with E-state index < -0.39 is 5.92 Å². The molecule has 2 fully saturated rings. The molecule has 0 aromatic rings. The zero-order chi connectivity index (χ0) is 15.0. The summed E-state index contributed by atoms with van der Waals surface area (Å²) >= 11 is 0. The number of nitriles is 1. The third-order valence-corrected chi connectivity index (χ3v) is 4.42. The summed E-state index contributed by atoms with van der Waals surface area (Å²) < 4.78 is 26.1. The van der Waals surface area contributed by atoms with Gasteiger partial charge in [0, 0.05) is 31.3 Å². The van der Waals surface area contributed by atoms with Gasteiger partial charge in [0.15, 0.2) is 0 Å². The molecule has 0 unspecified atom stereocenters. The van der Waals surface area contributed by atoms with Gasteiger partial charge in [-0.25, -0.2) is 8.78 Å². The van der Waals surface area contributed by atoms with Gasteiger partial charge in [-0.2, -0.15) is 5.26 Å². The Kier molecular flexibility index (Phi) is 7.43. The zero-order valence-electron chi connectivity index (χ0n) is 12.8. The van der Waals surface area contributed by atoms with Crippen molar-refractivity contribution in [2.24, 2.45) is 5.92 Å². The van der Waals surface area contributed by atoms with Crippen LogP contribution in [0.15, 0.2) is 0 Å². The molecule has 0 saturated heterocycles. The smallest absolute Gasteiger partial charge is 0.248 e. The Bertz CT molecular complexity index is 294. The number of nitrogens with one attached hydrogen (secondary N) is 1. The minimum atomic E-state index is -2.43. The molecule has 0 atom stereocenters. The molecule has 2 aliphatic carbocycles. The van der Waals surface area contributed by atoms with Crippen LogP contribution < -0.4 is 5.32 Å². The van der Waals surface area contributed by atoms with Crippen LogP contribution in [0.3, 0.4) is 0 Å². The molecular weight excluding hydrogens is 258 g/mol. The molecule has 0 aromatic carbocycles. The van der Waals surface area contributed by atoms with Gasteiger partial charge in [0.05, 0.1) is 6.07 Å². The second-order valence-electron chi connectivity index (χ2n) is 5.88. The van der Waals surface area contributed by atoms with E-state index in [4.69, 9.17) is 5.26 Å². The van der Waals surface area contributed by atoms with Crippen LogP contribution in [0.5, 0.6) is 0 Å². The minimum Gasteiger partial charge on any atom is -0.311 e. The molecule has 116 valence electrons. The van der Waals surface area contributed by atoms with Crippen molar-refractivity contribution in [3.63, 3.8) is 0 Å². The number of nitrogens with zero attached hydrogens (tertiary/aromatic N) is 1. The van der Waals surface area contributed by atoms with E-state index in [1.807, 2.05) is 13.8 Å². The maximum absolute atomic E-state index is 13.0. The summed E-state index contributed by atoms with van der Waals surface area (Å²) in [6, 6.07) is 3.00. The molecule has 2 nitrogen and oxygen atoms in total. The van der Waals surface area contributed by atoms with Crippen molar-refractivity contribution in [1.82, 2.24) is 5.32 Å². The second kappa shape index (κ2) is 8.56. The first kappa shape index (κ1) is 17.4. The van der Waals surface area contributed by atoms with Crippen LogP contribution in [0, 0.1) is 17.2 Å². The lowest BCUT2D eigenvalue weighted by atomic mass is 9.83. The summed E-state index contributed by atoms with van der Waals surface area (Å²) in [5, 5.41) is 12.2. The SMILES string of the molecule is CC.N#CCC1CCC(NC2CCC(F)(F)CC2)CC1. The Morgan fingerprint density at radius 2 is 1.50 bits per heavy atom. The molecular formula is C16H28F2N2. The number of rotatable bonds is 3. The van der Waals surface area contributed by atoms with Crippen LogP contribution in [-0.4, -0.2) is 18.0 Å². The first-order valence-corrected chi connectivity index (χ1v) is 8.10. The lowest BCUT2D eigenvalue weighted by Gasteiger charge is -2.35. The van der Waals surface area contributed by atoms with E-state index in [0.29, 0.717) is 31.2 Å². The van der Waals surface area contributed by atoms with E-state index in [-0.39, 0.29) is 18.9 Å². The monoisotopic (exact) mass is 286 g/mol. The van der Waals surface area contributed by atoms with Crippen LogP contribution >= 0.6 is 0 Å². The van der Waals surface area contributed by atoms with E-state index in [1.165, 1.54) is 0 Å².